The third-order valence-corrected chi connectivity index (χ3v) is 3.31. The van der Waals surface area contributed by atoms with Gasteiger partial charge in [-0.3, -0.25) is 0 Å². The van der Waals surface area contributed by atoms with Crippen LogP contribution < -0.4 is 5.32 Å². The van der Waals surface area contributed by atoms with E-state index >= 15 is 0 Å². The Morgan fingerprint density at radius 3 is 2.67 bits per heavy atom. The molecule has 0 bridgehead atoms. The Morgan fingerprint density at radius 1 is 1.40 bits per heavy atom. The fourth-order valence-electron chi connectivity index (χ4n) is 1.55. The molecule has 1 nitrogen and oxygen atoms in total. The highest BCUT2D eigenvalue weighted by atomic mass is 127. The first-order valence-electron chi connectivity index (χ1n) is 5.39. The summed E-state index contributed by atoms with van der Waals surface area (Å²) in [5.74, 6) is -0.173. The molecular formula is C12H17FIN. The highest BCUT2D eigenvalue weighted by Gasteiger charge is 2.07. The SMILES string of the molecule is CCCC(CC)Nc1ccc(F)cc1I. The standard InChI is InChI=1S/C12H17FIN/c1-3-5-10(4-2)15-12-7-6-9(13)8-11(12)14/h6-8,10,15H,3-5H2,1-2H3. The van der Waals surface area contributed by atoms with Crippen molar-refractivity contribution in [2.45, 2.75) is 39.2 Å². The summed E-state index contributed by atoms with van der Waals surface area (Å²) >= 11 is 2.16. The molecule has 0 amide bonds. The normalized spacial score (nSPS) is 12.5. The monoisotopic (exact) mass is 321 g/mol. The molecule has 0 aliphatic heterocycles. The van der Waals surface area contributed by atoms with Crippen LogP contribution in [0.25, 0.3) is 0 Å². The van der Waals surface area contributed by atoms with E-state index in [0.717, 1.165) is 22.1 Å². The molecule has 0 aliphatic carbocycles. The van der Waals surface area contributed by atoms with E-state index in [2.05, 4.69) is 41.8 Å². The van der Waals surface area contributed by atoms with Crippen molar-refractivity contribution in [2.24, 2.45) is 0 Å². The van der Waals surface area contributed by atoms with E-state index < -0.39 is 0 Å². The maximum atomic E-state index is 12.9. The zero-order chi connectivity index (χ0) is 11.3. The van der Waals surface area contributed by atoms with Gasteiger partial charge < -0.3 is 5.32 Å². The first-order chi connectivity index (χ1) is 7.17. The van der Waals surface area contributed by atoms with Crippen LogP contribution in [0.15, 0.2) is 18.2 Å². The van der Waals surface area contributed by atoms with E-state index in [1.807, 2.05) is 6.07 Å². The van der Waals surface area contributed by atoms with Gasteiger partial charge in [0, 0.05) is 15.3 Å². The van der Waals surface area contributed by atoms with Gasteiger partial charge in [-0.2, -0.15) is 0 Å². The number of benzene rings is 1. The number of nitrogens with one attached hydrogen (secondary N) is 1. The predicted molar refractivity (Wildman–Crippen MR) is 71.7 cm³/mol. The van der Waals surface area contributed by atoms with E-state index in [9.17, 15) is 4.39 Å². The average Bonchev–Trinajstić information content (AvgIpc) is 2.21. The van der Waals surface area contributed by atoms with Gasteiger partial charge in [0.05, 0.1) is 0 Å². The van der Waals surface area contributed by atoms with Gasteiger partial charge in [-0.05, 0) is 53.6 Å². The Balaban J connectivity index is 2.70. The van der Waals surface area contributed by atoms with Gasteiger partial charge in [0.15, 0.2) is 0 Å². The molecule has 0 heterocycles. The first-order valence-corrected chi connectivity index (χ1v) is 6.46. The predicted octanol–water partition coefficient (Wildman–Crippen LogP) is 4.42. The maximum absolute atomic E-state index is 12.9. The molecule has 1 N–H and O–H groups in total. The Kier molecular flexibility index (Phi) is 5.36. The van der Waals surface area contributed by atoms with E-state index in [-0.39, 0.29) is 5.82 Å². The molecule has 1 atom stereocenters. The lowest BCUT2D eigenvalue weighted by atomic mass is 10.1. The van der Waals surface area contributed by atoms with E-state index in [4.69, 9.17) is 0 Å². The van der Waals surface area contributed by atoms with Gasteiger partial charge in [-0.25, -0.2) is 4.39 Å². The topological polar surface area (TPSA) is 12.0 Å². The lowest BCUT2D eigenvalue weighted by Crippen LogP contribution is -2.18. The third-order valence-electron chi connectivity index (χ3n) is 2.42. The second kappa shape index (κ2) is 6.30. The van der Waals surface area contributed by atoms with Crippen molar-refractivity contribution in [1.29, 1.82) is 0 Å². The van der Waals surface area contributed by atoms with E-state index in [0.29, 0.717) is 6.04 Å². The van der Waals surface area contributed by atoms with E-state index in [1.54, 1.807) is 6.07 Å². The number of hydrogen-bond donors (Lipinski definition) is 1. The van der Waals surface area contributed by atoms with Crippen LogP contribution in [0.5, 0.6) is 0 Å². The smallest absolute Gasteiger partial charge is 0.124 e. The molecule has 3 heteroatoms. The minimum Gasteiger partial charge on any atom is -0.381 e. The van der Waals surface area contributed by atoms with Gasteiger partial charge >= 0.3 is 0 Å². The molecule has 0 saturated heterocycles. The van der Waals surface area contributed by atoms with Gasteiger partial charge in [-0.1, -0.05) is 20.3 Å². The first kappa shape index (κ1) is 12.7. The van der Waals surface area contributed by atoms with Crippen molar-refractivity contribution in [3.05, 3.63) is 27.6 Å². The molecule has 0 saturated carbocycles. The van der Waals surface area contributed by atoms with Crippen LogP contribution in [-0.4, -0.2) is 6.04 Å². The van der Waals surface area contributed by atoms with Crippen molar-refractivity contribution in [3.8, 4) is 0 Å². The summed E-state index contributed by atoms with van der Waals surface area (Å²) < 4.78 is 13.8. The molecule has 1 aromatic carbocycles. The van der Waals surface area contributed by atoms with Gasteiger partial charge in [0.1, 0.15) is 5.82 Å². The highest BCUT2D eigenvalue weighted by Crippen LogP contribution is 2.21. The Hall–Kier alpha value is -0.320. The van der Waals surface area contributed by atoms with Crippen molar-refractivity contribution < 1.29 is 4.39 Å². The molecule has 0 aromatic heterocycles. The van der Waals surface area contributed by atoms with Gasteiger partial charge in [0.2, 0.25) is 0 Å². The number of rotatable bonds is 5. The Labute approximate surface area is 105 Å². The zero-order valence-electron chi connectivity index (χ0n) is 9.19. The van der Waals surface area contributed by atoms with Crippen LogP contribution in [0.1, 0.15) is 33.1 Å². The molecule has 0 radical (unpaired) electrons. The largest absolute Gasteiger partial charge is 0.381 e. The van der Waals surface area contributed by atoms with Gasteiger partial charge in [0.25, 0.3) is 0 Å². The summed E-state index contributed by atoms with van der Waals surface area (Å²) in [4.78, 5) is 0. The highest BCUT2D eigenvalue weighted by molar-refractivity contribution is 14.1. The molecule has 0 fully saturated rings. The van der Waals surface area contributed by atoms with Gasteiger partial charge in [-0.15, -0.1) is 0 Å². The lowest BCUT2D eigenvalue weighted by molar-refractivity contribution is 0.617. The third kappa shape index (κ3) is 3.97. The molecule has 1 aromatic rings. The second-order valence-electron chi connectivity index (χ2n) is 3.66. The number of halogens is 2. The summed E-state index contributed by atoms with van der Waals surface area (Å²) in [6.07, 6.45) is 3.43. The molecule has 1 rings (SSSR count). The quantitative estimate of drug-likeness (QED) is 0.792. The minimum absolute atomic E-state index is 0.173. The molecule has 0 spiro atoms. The van der Waals surface area contributed by atoms with Crippen LogP contribution in [0.3, 0.4) is 0 Å². The van der Waals surface area contributed by atoms with Crippen molar-refractivity contribution >= 4 is 28.3 Å². The summed E-state index contributed by atoms with van der Waals surface area (Å²) in [6.45, 7) is 4.35. The second-order valence-corrected chi connectivity index (χ2v) is 4.82. The van der Waals surface area contributed by atoms with Crippen LogP contribution in [0.2, 0.25) is 0 Å². The van der Waals surface area contributed by atoms with E-state index in [1.165, 1.54) is 12.5 Å². The zero-order valence-corrected chi connectivity index (χ0v) is 11.3. The number of hydrogen-bond acceptors (Lipinski definition) is 1. The fraction of sp³-hybridized carbons (Fsp3) is 0.500. The van der Waals surface area contributed by atoms with Crippen LogP contribution in [0, 0.1) is 9.39 Å². The Bertz CT molecular complexity index is 314. The van der Waals surface area contributed by atoms with Crippen LogP contribution in [0.4, 0.5) is 10.1 Å². The van der Waals surface area contributed by atoms with Crippen molar-refractivity contribution in [3.63, 3.8) is 0 Å². The summed E-state index contributed by atoms with van der Waals surface area (Å²) in [7, 11) is 0. The maximum Gasteiger partial charge on any atom is 0.124 e. The molecule has 1 unspecified atom stereocenters. The van der Waals surface area contributed by atoms with Crippen LogP contribution >= 0.6 is 22.6 Å². The summed E-state index contributed by atoms with van der Waals surface area (Å²) in [5, 5.41) is 3.45. The minimum atomic E-state index is -0.173. The van der Waals surface area contributed by atoms with Crippen LogP contribution in [-0.2, 0) is 0 Å². The lowest BCUT2D eigenvalue weighted by Gasteiger charge is -2.18. The molecule has 84 valence electrons. The molecule has 15 heavy (non-hydrogen) atoms. The number of anilines is 1. The molecular weight excluding hydrogens is 304 g/mol. The average molecular weight is 321 g/mol. The van der Waals surface area contributed by atoms with Crippen molar-refractivity contribution in [1.82, 2.24) is 0 Å². The summed E-state index contributed by atoms with van der Waals surface area (Å²) in [5.41, 5.74) is 1.04. The Morgan fingerprint density at radius 2 is 2.13 bits per heavy atom. The van der Waals surface area contributed by atoms with Crippen molar-refractivity contribution in [2.75, 3.05) is 5.32 Å². The molecule has 0 aliphatic rings. The fourth-order valence-corrected chi connectivity index (χ4v) is 2.19. The summed E-state index contributed by atoms with van der Waals surface area (Å²) in [6, 6.07) is 5.37.